The largest absolute Gasteiger partial charge is 0.493 e. The van der Waals surface area contributed by atoms with Gasteiger partial charge in [0.1, 0.15) is 13.2 Å². The summed E-state index contributed by atoms with van der Waals surface area (Å²) in [6.07, 6.45) is 0.676. The molecule has 5 nitrogen and oxygen atoms in total. The van der Waals surface area contributed by atoms with E-state index in [0.29, 0.717) is 19.6 Å². The van der Waals surface area contributed by atoms with Gasteiger partial charge in [0.2, 0.25) is 0 Å². The van der Waals surface area contributed by atoms with Gasteiger partial charge in [0.15, 0.2) is 0 Å². The first-order valence-electron chi connectivity index (χ1n) is 5.26. The molecule has 1 aromatic rings. The molecule has 0 unspecified atom stereocenters. The van der Waals surface area contributed by atoms with Gasteiger partial charge in [-0.2, -0.15) is 0 Å². The fourth-order valence-electron chi connectivity index (χ4n) is 1.22. The Kier molecular flexibility index (Phi) is 8.32. The molecule has 0 aliphatic rings. The van der Waals surface area contributed by atoms with Crippen molar-refractivity contribution in [2.45, 2.75) is 13.9 Å². The van der Waals surface area contributed by atoms with Crippen molar-refractivity contribution in [2.75, 3.05) is 13.2 Å². The minimum atomic E-state index is -0.0377. The number of alkyl halides is 4. The highest BCUT2D eigenvalue weighted by molar-refractivity contribution is 9.24. The van der Waals surface area contributed by atoms with E-state index in [1.807, 2.05) is 12.1 Å². The second-order valence-corrected chi connectivity index (χ2v) is 9.53. The van der Waals surface area contributed by atoms with E-state index in [1.165, 1.54) is 0 Å². The van der Waals surface area contributed by atoms with E-state index < -0.39 is 0 Å². The molecule has 1 rings (SSSR count). The average molecular weight is 522 g/mol. The first-order chi connectivity index (χ1) is 9.04. The van der Waals surface area contributed by atoms with E-state index in [2.05, 4.69) is 78.7 Å². The molecule has 0 bridgehead atoms. The minimum absolute atomic E-state index is 0.0377. The Morgan fingerprint density at radius 3 is 2.26 bits per heavy atom. The summed E-state index contributed by atoms with van der Waals surface area (Å²) in [5, 5.41) is 3.45. The van der Waals surface area contributed by atoms with Crippen LogP contribution in [-0.2, 0) is 0 Å². The van der Waals surface area contributed by atoms with E-state index in [0.717, 1.165) is 17.1 Å². The van der Waals surface area contributed by atoms with Crippen LogP contribution in [0.5, 0.6) is 5.75 Å². The van der Waals surface area contributed by atoms with Crippen LogP contribution in [0.1, 0.15) is 25.3 Å². The number of nitrogens with zero attached hydrogens (tertiary/aromatic N) is 4. The van der Waals surface area contributed by atoms with E-state index in [4.69, 9.17) is 10.3 Å². The van der Waals surface area contributed by atoms with Gasteiger partial charge >= 0.3 is 0 Å². The molecule has 0 fully saturated rings. The molecule has 9 heteroatoms. The number of halogens is 4. The zero-order valence-electron chi connectivity index (χ0n) is 9.64. The zero-order valence-corrected chi connectivity index (χ0v) is 16.0. The lowest BCUT2D eigenvalue weighted by atomic mass is 10.3. The molecule has 1 heterocycles. The van der Waals surface area contributed by atoms with Crippen molar-refractivity contribution in [1.29, 1.82) is 0 Å². The van der Waals surface area contributed by atoms with Gasteiger partial charge in [-0.15, -0.1) is 0 Å². The quantitative estimate of drug-likeness (QED) is 0.151. The molecule has 0 aliphatic heterocycles. The van der Waals surface area contributed by atoms with Crippen LogP contribution in [0.2, 0.25) is 0 Å². The molecule has 0 atom stereocenters. The molecule has 0 aliphatic carbocycles. The SMILES string of the molecule is [N-]=[N+]=NCCCOc1cc(C(Br)Br)nc(C(Br)Br)c1. The molecule has 0 radical (unpaired) electrons. The number of pyridine rings is 1. The maximum atomic E-state index is 8.17. The monoisotopic (exact) mass is 518 g/mol. The Hall–Kier alpha value is 0.180. The van der Waals surface area contributed by atoms with Crippen LogP contribution in [0.25, 0.3) is 10.4 Å². The maximum absolute atomic E-state index is 8.17. The maximum Gasteiger partial charge on any atom is 0.123 e. The standard InChI is InChI=1S/C10H10Br4N4O/c11-9(12)7-4-6(5-8(17-7)10(13)14)19-3-1-2-16-18-15/h4-5,9-10H,1-3H2. The van der Waals surface area contributed by atoms with Crippen LogP contribution < -0.4 is 4.74 Å². The molecule has 1 aromatic heterocycles. The summed E-state index contributed by atoms with van der Waals surface area (Å²) in [4.78, 5) is 7.15. The Bertz CT molecular complexity index is 437. The molecular weight excluding hydrogens is 512 g/mol. The first-order valence-corrected chi connectivity index (χ1v) is 8.92. The Labute approximate surface area is 144 Å². The third-order valence-electron chi connectivity index (χ3n) is 2.02. The van der Waals surface area contributed by atoms with Gasteiger partial charge in [-0.05, 0) is 12.0 Å². The highest BCUT2D eigenvalue weighted by atomic mass is 79.9. The number of rotatable bonds is 7. The van der Waals surface area contributed by atoms with Crippen molar-refractivity contribution in [3.8, 4) is 5.75 Å². The normalized spacial score (nSPS) is 10.6. The number of azide groups is 1. The van der Waals surface area contributed by atoms with Crippen LogP contribution in [0.4, 0.5) is 0 Å². The van der Waals surface area contributed by atoms with Gasteiger partial charge in [-0.1, -0.05) is 68.8 Å². The zero-order chi connectivity index (χ0) is 14.3. The molecule has 0 saturated heterocycles. The summed E-state index contributed by atoms with van der Waals surface area (Å²) in [6, 6.07) is 3.71. The smallest absolute Gasteiger partial charge is 0.123 e. The van der Waals surface area contributed by atoms with E-state index in [-0.39, 0.29) is 7.47 Å². The number of aromatic nitrogens is 1. The van der Waals surface area contributed by atoms with E-state index in [9.17, 15) is 0 Å². The van der Waals surface area contributed by atoms with Crippen molar-refractivity contribution in [3.63, 3.8) is 0 Å². The van der Waals surface area contributed by atoms with Gasteiger partial charge in [-0.25, -0.2) is 0 Å². The molecule has 0 saturated carbocycles. The van der Waals surface area contributed by atoms with E-state index in [1.54, 1.807) is 0 Å². The molecule has 0 amide bonds. The third-order valence-corrected chi connectivity index (χ3v) is 3.90. The summed E-state index contributed by atoms with van der Waals surface area (Å²) < 4.78 is 5.55. The number of hydrogen-bond donors (Lipinski definition) is 0. The molecule has 0 N–H and O–H groups in total. The Morgan fingerprint density at radius 2 is 1.79 bits per heavy atom. The van der Waals surface area contributed by atoms with Crippen molar-refractivity contribution < 1.29 is 4.74 Å². The summed E-state index contributed by atoms with van der Waals surface area (Å²) in [5.41, 5.74) is 9.82. The van der Waals surface area contributed by atoms with Crippen LogP contribution >= 0.6 is 63.7 Å². The second-order valence-electron chi connectivity index (χ2n) is 3.41. The Balaban J connectivity index is 2.73. The highest BCUT2D eigenvalue weighted by Crippen LogP contribution is 2.35. The molecular formula is C10H10Br4N4O. The van der Waals surface area contributed by atoms with Crippen molar-refractivity contribution >= 4 is 63.7 Å². The second kappa shape index (κ2) is 9.18. The van der Waals surface area contributed by atoms with Crippen LogP contribution in [-0.4, -0.2) is 18.1 Å². The predicted octanol–water partition coefficient (Wildman–Crippen LogP) is 5.74. The summed E-state index contributed by atoms with van der Waals surface area (Å²) in [6.45, 7) is 0.923. The van der Waals surface area contributed by atoms with Gasteiger partial charge < -0.3 is 4.74 Å². The first kappa shape index (κ1) is 17.2. The minimum Gasteiger partial charge on any atom is -0.493 e. The van der Waals surface area contributed by atoms with E-state index >= 15 is 0 Å². The fourth-order valence-corrected chi connectivity index (χ4v) is 2.16. The molecule has 0 spiro atoms. The lowest BCUT2D eigenvalue weighted by Gasteiger charge is -2.11. The summed E-state index contributed by atoms with van der Waals surface area (Å²) in [7, 11) is 0. The molecule has 104 valence electrons. The summed E-state index contributed by atoms with van der Waals surface area (Å²) in [5.74, 6) is 0.730. The van der Waals surface area contributed by atoms with Crippen molar-refractivity contribution in [3.05, 3.63) is 34.0 Å². The van der Waals surface area contributed by atoms with Crippen LogP contribution in [0.3, 0.4) is 0 Å². The van der Waals surface area contributed by atoms with Crippen molar-refractivity contribution in [2.24, 2.45) is 5.11 Å². The molecule has 19 heavy (non-hydrogen) atoms. The van der Waals surface area contributed by atoms with Crippen LogP contribution in [0, 0.1) is 0 Å². The fraction of sp³-hybridized carbons (Fsp3) is 0.500. The molecule has 0 aromatic carbocycles. The van der Waals surface area contributed by atoms with Crippen molar-refractivity contribution in [1.82, 2.24) is 4.98 Å². The van der Waals surface area contributed by atoms with Crippen LogP contribution in [0.15, 0.2) is 17.2 Å². The number of hydrogen-bond acceptors (Lipinski definition) is 3. The predicted molar refractivity (Wildman–Crippen MR) is 89.6 cm³/mol. The number of ether oxygens (including phenoxy) is 1. The average Bonchev–Trinajstić information content (AvgIpc) is 2.38. The lowest BCUT2D eigenvalue weighted by molar-refractivity contribution is 0.312. The highest BCUT2D eigenvalue weighted by Gasteiger charge is 2.12. The van der Waals surface area contributed by atoms with Gasteiger partial charge in [0.25, 0.3) is 0 Å². The van der Waals surface area contributed by atoms with Gasteiger partial charge in [-0.3, -0.25) is 4.98 Å². The van der Waals surface area contributed by atoms with Gasteiger partial charge in [0.05, 0.1) is 18.0 Å². The Morgan fingerprint density at radius 1 is 1.21 bits per heavy atom. The van der Waals surface area contributed by atoms with Gasteiger partial charge in [0, 0.05) is 23.6 Å². The lowest BCUT2D eigenvalue weighted by Crippen LogP contribution is -2.02. The third kappa shape index (κ3) is 6.44. The summed E-state index contributed by atoms with van der Waals surface area (Å²) >= 11 is 13.7. The topological polar surface area (TPSA) is 70.9 Å².